The zero-order valence-electron chi connectivity index (χ0n) is 18.2. The lowest BCUT2D eigenvalue weighted by Crippen LogP contribution is -2.36. The maximum atomic E-state index is 13.2. The zero-order valence-corrected chi connectivity index (χ0v) is 18.2. The molecule has 0 bridgehead atoms. The van der Waals surface area contributed by atoms with Gasteiger partial charge in [0.25, 0.3) is 0 Å². The summed E-state index contributed by atoms with van der Waals surface area (Å²) in [5, 5.41) is 11.4. The monoisotopic (exact) mass is 449 g/mol. The minimum Gasteiger partial charge on any atom is -0.444 e. The molecule has 1 N–H and O–H groups in total. The van der Waals surface area contributed by atoms with E-state index < -0.39 is 17.3 Å². The van der Waals surface area contributed by atoms with Crippen molar-refractivity contribution in [3.63, 3.8) is 0 Å². The third-order valence-electron chi connectivity index (χ3n) is 5.82. The molecule has 32 heavy (non-hydrogen) atoms. The van der Waals surface area contributed by atoms with Crippen LogP contribution in [0.5, 0.6) is 0 Å². The van der Waals surface area contributed by atoms with E-state index in [0.29, 0.717) is 30.7 Å². The second kappa shape index (κ2) is 8.22. The summed E-state index contributed by atoms with van der Waals surface area (Å²) in [5.41, 5.74) is -1.29. The van der Waals surface area contributed by atoms with E-state index in [0.717, 1.165) is 31.3 Å². The standard InChI is InChI=1S/C22H26F3N5O2/c1-21(2,3)32-20(31)30-11-13-8-15(9-14(13)12-30)27-19-5-4-18(28-29-19)16-10-26-7-6-17(16)22(23,24)25/h4-7,10,13-15H,8-9,11-12H2,1-3H3,(H,27,29)/t13-,14+,15+. The fourth-order valence-electron chi connectivity index (χ4n) is 4.50. The molecule has 4 rings (SSSR count). The number of carbonyl (C=O) groups excluding carboxylic acids is 1. The molecular formula is C22H26F3N5O2. The third kappa shape index (κ3) is 4.94. The molecule has 172 valence electrons. The zero-order chi connectivity index (χ0) is 23.1. The van der Waals surface area contributed by atoms with Crippen molar-refractivity contribution in [2.24, 2.45) is 11.8 Å². The number of carbonyl (C=O) groups is 1. The Kier molecular flexibility index (Phi) is 5.72. The SMILES string of the molecule is CC(C)(C)OC(=O)N1C[C@H]2C[C@H](Nc3ccc(-c4cnccc4C(F)(F)F)nn3)C[C@H]2C1. The molecule has 3 atom stereocenters. The van der Waals surface area contributed by atoms with Crippen molar-refractivity contribution in [2.75, 3.05) is 18.4 Å². The molecule has 10 heteroatoms. The van der Waals surface area contributed by atoms with Gasteiger partial charge in [-0.25, -0.2) is 4.79 Å². The smallest absolute Gasteiger partial charge is 0.417 e. The Morgan fingerprint density at radius 1 is 1.09 bits per heavy atom. The predicted octanol–water partition coefficient (Wildman–Crippen LogP) is 4.61. The average Bonchev–Trinajstić information content (AvgIpc) is 3.25. The van der Waals surface area contributed by atoms with Crippen LogP contribution in [0.1, 0.15) is 39.2 Å². The molecule has 2 aliphatic rings. The number of likely N-dealkylation sites (tertiary alicyclic amines) is 1. The minimum absolute atomic E-state index is 0.100. The quantitative estimate of drug-likeness (QED) is 0.737. The van der Waals surface area contributed by atoms with Gasteiger partial charge in [0.15, 0.2) is 0 Å². The summed E-state index contributed by atoms with van der Waals surface area (Å²) in [6.45, 7) is 6.90. The van der Waals surface area contributed by atoms with E-state index in [4.69, 9.17) is 4.74 Å². The van der Waals surface area contributed by atoms with E-state index in [-0.39, 0.29) is 23.4 Å². The van der Waals surface area contributed by atoms with Crippen LogP contribution in [0.3, 0.4) is 0 Å². The number of aromatic nitrogens is 3. The van der Waals surface area contributed by atoms with Crippen LogP contribution in [0.2, 0.25) is 0 Å². The summed E-state index contributed by atoms with van der Waals surface area (Å²) in [7, 11) is 0. The van der Waals surface area contributed by atoms with E-state index >= 15 is 0 Å². The fraction of sp³-hybridized carbons (Fsp3) is 0.545. The molecule has 2 fully saturated rings. The molecule has 2 aromatic rings. The molecule has 1 aliphatic heterocycles. The lowest BCUT2D eigenvalue weighted by Gasteiger charge is -2.25. The number of rotatable bonds is 3. The van der Waals surface area contributed by atoms with Gasteiger partial charge in [-0.1, -0.05) is 0 Å². The van der Waals surface area contributed by atoms with E-state index in [1.165, 1.54) is 6.07 Å². The van der Waals surface area contributed by atoms with Crippen molar-refractivity contribution >= 4 is 11.9 Å². The molecular weight excluding hydrogens is 423 g/mol. The lowest BCUT2D eigenvalue weighted by molar-refractivity contribution is -0.137. The van der Waals surface area contributed by atoms with Crippen LogP contribution in [0.4, 0.5) is 23.8 Å². The number of fused-ring (bicyclic) bond motifs is 1. The first-order chi connectivity index (χ1) is 15.0. The molecule has 0 unspecified atom stereocenters. The molecule has 1 saturated carbocycles. The summed E-state index contributed by atoms with van der Waals surface area (Å²) >= 11 is 0. The highest BCUT2D eigenvalue weighted by Gasteiger charge is 2.43. The van der Waals surface area contributed by atoms with Gasteiger partial charge in [0, 0.05) is 37.1 Å². The highest BCUT2D eigenvalue weighted by atomic mass is 19.4. The maximum Gasteiger partial charge on any atom is 0.417 e. The van der Waals surface area contributed by atoms with Crippen LogP contribution in [0.25, 0.3) is 11.3 Å². The highest BCUT2D eigenvalue weighted by Crippen LogP contribution is 2.40. The molecule has 0 spiro atoms. The fourth-order valence-corrected chi connectivity index (χ4v) is 4.50. The van der Waals surface area contributed by atoms with Gasteiger partial charge in [-0.05, 0) is 63.6 Å². The topological polar surface area (TPSA) is 80.2 Å². The number of nitrogens with one attached hydrogen (secondary N) is 1. The Morgan fingerprint density at radius 3 is 2.34 bits per heavy atom. The molecule has 0 aromatic carbocycles. The second-order valence-electron chi connectivity index (χ2n) is 9.44. The van der Waals surface area contributed by atoms with Crippen molar-refractivity contribution in [1.82, 2.24) is 20.1 Å². The van der Waals surface area contributed by atoms with E-state index in [1.54, 1.807) is 11.0 Å². The number of alkyl halides is 3. The first kappa shape index (κ1) is 22.3. The van der Waals surface area contributed by atoms with E-state index in [2.05, 4.69) is 20.5 Å². The molecule has 1 aliphatic carbocycles. The number of ether oxygens (including phenoxy) is 1. The van der Waals surface area contributed by atoms with Gasteiger partial charge in [0.05, 0.1) is 11.3 Å². The van der Waals surface area contributed by atoms with Crippen molar-refractivity contribution in [3.05, 3.63) is 36.2 Å². The molecule has 1 amide bonds. The number of hydrogen-bond donors (Lipinski definition) is 1. The summed E-state index contributed by atoms with van der Waals surface area (Å²) in [6, 6.07) is 4.26. The first-order valence-electron chi connectivity index (χ1n) is 10.6. The number of hydrogen-bond acceptors (Lipinski definition) is 6. The van der Waals surface area contributed by atoms with Crippen molar-refractivity contribution < 1.29 is 22.7 Å². The Bertz CT molecular complexity index is 961. The van der Waals surface area contributed by atoms with Crippen molar-refractivity contribution in [3.8, 4) is 11.3 Å². The van der Waals surface area contributed by atoms with Crippen LogP contribution < -0.4 is 5.32 Å². The van der Waals surface area contributed by atoms with E-state index in [1.807, 2.05) is 20.8 Å². The van der Waals surface area contributed by atoms with Gasteiger partial charge in [-0.2, -0.15) is 13.2 Å². The molecule has 7 nitrogen and oxygen atoms in total. The Labute approximate surface area is 184 Å². The Morgan fingerprint density at radius 2 is 1.78 bits per heavy atom. The maximum absolute atomic E-state index is 13.2. The molecule has 0 radical (unpaired) electrons. The lowest BCUT2D eigenvalue weighted by atomic mass is 10.0. The third-order valence-corrected chi connectivity index (χ3v) is 5.82. The number of nitrogens with zero attached hydrogens (tertiary/aromatic N) is 4. The van der Waals surface area contributed by atoms with Crippen LogP contribution in [0, 0.1) is 11.8 Å². The van der Waals surface area contributed by atoms with Gasteiger partial charge in [-0.3, -0.25) is 4.98 Å². The second-order valence-corrected chi connectivity index (χ2v) is 9.44. The number of amides is 1. The predicted molar refractivity (Wildman–Crippen MR) is 112 cm³/mol. The van der Waals surface area contributed by atoms with Gasteiger partial charge in [0.1, 0.15) is 11.4 Å². The summed E-state index contributed by atoms with van der Waals surface area (Å²) < 4.78 is 45.2. The van der Waals surface area contributed by atoms with Crippen LogP contribution in [0.15, 0.2) is 30.6 Å². The van der Waals surface area contributed by atoms with E-state index in [9.17, 15) is 18.0 Å². The van der Waals surface area contributed by atoms with Crippen LogP contribution in [-0.4, -0.2) is 50.9 Å². The van der Waals surface area contributed by atoms with Crippen molar-refractivity contribution in [2.45, 2.75) is 51.4 Å². The molecule has 1 saturated heterocycles. The Hall–Kier alpha value is -2.91. The molecule has 3 heterocycles. The summed E-state index contributed by atoms with van der Waals surface area (Å²) in [5.74, 6) is 1.29. The summed E-state index contributed by atoms with van der Waals surface area (Å²) in [4.78, 5) is 17.9. The Balaban J connectivity index is 1.35. The van der Waals surface area contributed by atoms with Gasteiger partial charge in [-0.15, -0.1) is 10.2 Å². The van der Waals surface area contributed by atoms with Gasteiger partial charge >= 0.3 is 12.3 Å². The van der Waals surface area contributed by atoms with Crippen LogP contribution >= 0.6 is 0 Å². The minimum atomic E-state index is -4.49. The van der Waals surface area contributed by atoms with Crippen LogP contribution in [-0.2, 0) is 10.9 Å². The normalized spacial score (nSPS) is 23.2. The average molecular weight is 449 g/mol. The number of pyridine rings is 1. The largest absolute Gasteiger partial charge is 0.444 e. The number of halogens is 3. The highest BCUT2D eigenvalue weighted by molar-refractivity contribution is 5.68. The summed E-state index contributed by atoms with van der Waals surface area (Å²) in [6.07, 6.45) is -0.745. The van der Waals surface area contributed by atoms with Crippen molar-refractivity contribution in [1.29, 1.82) is 0 Å². The van der Waals surface area contributed by atoms with Gasteiger partial charge < -0.3 is 15.0 Å². The number of anilines is 1. The first-order valence-corrected chi connectivity index (χ1v) is 10.6. The molecule has 2 aromatic heterocycles. The van der Waals surface area contributed by atoms with Gasteiger partial charge in [0.2, 0.25) is 0 Å².